The van der Waals surface area contributed by atoms with Gasteiger partial charge in [-0.25, -0.2) is 8.42 Å². The maximum absolute atomic E-state index is 12.3. The Morgan fingerprint density at radius 3 is 1.78 bits per heavy atom. The molecular weight excluding hydrogens is 284 g/mol. The van der Waals surface area contributed by atoms with E-state index in [9.17, 15) is 8.42 Å². The van der Waals surface area contributed by atoms with Crippen LogP contribution in [-0.2, 0) is 22.5 Å². The van der Waals surface area contributed by atoms with Gasteiger partial charge in [-0.05, 0) is 42.7 Å². The summed E-state index contributed by atoms with van der Waals surface area (Å²) in [6, 6.07) is 13.2. The summed E-state index contributed by atoms with van der Waals surface area (Å²) >= 11 is 6.52. The molecule has 0 aromatic heterocycles. The molecule has 0 fully saturated rings. The number of hydrogen-bond acceptors (Lipinski definition) is 4. The van der Waals surface area contributed by atoms with Gasteiger partial charge in [0.15, 0.2) is 0 Å². The van der Waals surface area contributed by atoms with Crippen molar-refractivity contribution in [3.63, 3.8) is 0 Å². The SMILES string of the molecule is CSc1ccc(S(=O)(=O)c2ccc([S-])cc2)cc1. The topological polar surface area (TPSA) is 34.1 Å². The highest BCUT2D eigenvalue weighted by atomic mass is 32.2. The lowest BCUT2D eigenvalue weighted by Gasteiger charge is -2.08. The van der Waals surface area contributed by atoms with Crippen LogP contribution in [0.5, 0.6) is 0 Å². The van der Waals surface area contributed by atoms with Crippen molar-refractivity contribution >= 4 is 34.2 Å². The first-order chi connectivity index (χ1) is 8.54. The van der Waals surface area contributed by atoms with Crippen LogP contribution in [0.25, 0.3) is 0 Å². The summed E-state index contributed by atoms with van der Waals surface area (Å²) in [5.41, 5.74) is 0. The Balaban J connectivity index is 2.44. The van der Waals surface area contributed by atoms with Crippen molar-refractivity contribution in [2.75, 3.05) is 6.26 Å². The normalized spacial score (nSPS) is 11.4. The Morgan fingerprint density at radius 1 is 0.889 bits per heavy atom. The van der Waals surface area contributed by atoms with Gasteiger partial charge in [0.1, 0.15) is 0 Å². The van der Waals surface area contributed by atoms with E-state index in [0.717, 1.165) is 4.90 Å². The van der Waals surface area contributed by atoms with E-state index in [0.29, 0.717) is 9.79 Å². The fraction of sp³-hybridized carbons (Fsp3) is 0.0769. The van der Waals surface area contributed by atoms with Crippen molar-refractivity contribution in [3.05, 3.63) is 48.5 Å². The molecule has 0 bridgehead atoms. The first-order valence-electron chi connectivity index (χ1n) is 5.20. The monoisotopic (exact) mass is 295 g/mol. The zero-order valence-corrected chi connectivity index (χ0v) is 12.1. The van der Waals surface area contributed by atoms with Crippen LogP contribution in [0.3, 0.4) is 0 Å². The molecule has 0 heterocycles. The van der Waals surface area contributed by atoms with Gasteiger partial charge < -0.3 is 12.6 Å². The van der Waals surface area contributed by atoms with Gasteiger partial charge in [-0.1, -0.05) is 12.1 Å². The molecule has 0 saturated carbocycles. The third-order valence-corrected chi connectivity index (χ3v) is 5.31. The fourth-order valence-electron chi connectivity index (χ4n) is 1.51. The number of hydrogen-bond donors (Lipinski definition) is 0. The van der Waals surface area contributed by atoms with Crippen LogP contribution in [0.2, 0.25) is 0 Å². The van der Waals surface area contributed by atoms with Gasteiger partial charge in [-0.2, -0.15) is 4.90 Å². The van der Waals surface area contributed by atoms with Crippen LogP contribution >= 0.6 is 11.8 Å². The standard InChI is InChI=1S/C13H12O2S3/c1-17-11-4-8-13(9-5-11)18(14,15)12-6-2-10(16)3-7-12/h2-9,16H,1H3/p-1. The van der Waals surface area contributed by atoms with E-state index in [2.05, 4.69) is 0 Å². The van der Waals surface area contributed by atoms with Crippen LogP contribution in [-0.4, -0.2) is 14.7 Å². The van der Waals surface area contributed by atoms with E-state index in [1.54, 1.807) is 60.3 Å². The minimum Gasteiger partial charge on any atom is -0.780 e. The molecule has 0 spiro atoms. The molecule has 0 unspecified atom stereocenters. The first kappa shape index (κ1) is 13.4. The average molecular weight is 295 g/mol. The summed E-state index contributed by atoms with van der Waals surface area (Å²) in [7, 11) is -3.44. The van der Waals surface area contributed by atoms with Crippen LogP contribution < -0.4 is 0 Å². The number of thioether (sulfide) groups is 1. The van der Waals surface area contributed by atoms with Gasteiger partial charge in [0.25, 0.3) is 0 Å². The van der Waals surface area contributed by atoms with Gasteiger partial charge >= 0.3 is 0 Å². The molecule has 2 aromatic carbocycles. The Morgan fingerprint density at radius 2 is 1.33 bits per heavy atom. The van der Waals surface area contributed by atoms with Crippen LogP contribution in [0, 0.1) is 0 Å². The second kappa shape index (κ2) is 5.30. The summed E-state index contributed by atoms with van der Waals surface area (Å²) in [5.74, 6) is 0. The minimum atomic E-state index is -3.44. The number of rotatable bonds is 3. The second-order valence-corrected chi connectivity index (χ2v) is 6.95. The van der Waals surface area contributed by atoms with E-state index < -0.39 is 9.84 Å². The lowest BCUT2D eigenvalue weighted by atomic mass is 10.4. The van der Waals surface area contributed by atoms with Crippen molar-refractivity contribution in [1.82, 2.24) is 0 Å². The largest absolute Gasteiger partial charge is 0.780 e. The van der Waals surface area contributed by atoms with Crippen molar-refractivity contribution < 1.29 is 8.42 Å². The lowest BCUT2D eigenvalue weighted by molar-refractivity contribution is 0.596. The Labute approximate surface area is 117 Å². The third kappa shape index (κ3) is 2.68. The van der Waals surface area contributed by atoms with Gasteiger partial charge in [0.2, 0.25) is 9.84 Å². The molecule has 94 valence electrons. The zero-order chi connectivity index (χ0) is 13.2. The molecule has 0 aliphatic heterocycles. The van der Waals surface area contributed by atoms with E-state index >= 15 is 0 Å². The highest BCUT2D eigenvalue weighted by Gasteiger charge is 2.16. The zero-order valence-electron chi connectivity index (χ0n) is 9.66. The molecule has 2 nitrogen and oxygen atoms in total. The molecule has 0 aliphatic carbocycles. The molecule has 18 heavy (non-hydrogen) atoms. The Bertz CT molecular complexity index is 629. The molecular formula is C13H11O2S3-. The van der Waals surface area contributed by atoms with Crippen molar-refractivity contribution in [2.24, 2.45) is 0 Å². The fourth-order valence-corrected chi connectivity index (χ4v) is 3.32. The predicted octanol–water partition coefficient (Wildman–Crippen LogP) is 3.15. The second-order valence-electron chi connectivity index (χ2n) is 3.65. The first-order valence-corrected chi connectivity index (χ1v) is 8.32. The Hall–Kier alpha value is -1.04. The molecule has 0 N–H and O–H groups in total. The molecule has 2 rings (SSSR count). The van der Waals surface area contributed by atoms with Crippen molar-refractivity contribution in [2.45, 2.75) is 19.6 Å². The molecule has 0 amide bonds. The summed E-state index contributed by atoms with van der Waals surface area (Å²) < 4.78 is 24.6. The number of sulfone groups is 1. The molecule has 0 atom stereocenters. The highest BCUT2D eigenvalue weighted by molar-refractivity contribution is 7.98. The predicted molar refractivity (Wildman–Crippen MR) is 75.7 cm³/mol. The summed E-state index contributed by atoms with van der Waals surface area (Å²) in [5, 5.41) is 0. The smallest absolute Gasteiger partial charge is 0.206 e. The van der Waals surface area contributed by atoms with E-state index in [-0.39, 0.29) is 4.90 Å². The lowest BCUT2D eigenvalue weighted by Crippen LogP contribution is -2.01. The Kier molecular flexibility index (Phi) is 3.94. The minimum absolute atomic E-state index is 0.271. The van der Waals surface area contributed by atoms with Gasteiger partial charge in [-0.3, -0.25) is 0 Å². The number of benzene rings is 2. The molecule has 5 heteroatoms. The van der Waals surface area contributed by atoms with E-state index in [4.69, 9.17) is 12.6 Å². The van der Waals surface area contributed by atoms with Crippen molar-refractivity contribution in [1.29, 1.82) is 0 Å². The molecule has 2 aromatic rings. The van der Waals surface area contributed by atoms with E-state index in [1.807, 2.05) is 6.26 Å². The van der Waals surface area contributed by atoms with Crippen LogP contribution in [0.1, 0.15) is 0 Å². The van der Waals surface area contributed by atoms with Gasteiger partial charge in [0.05, 0.1) is 9.79 Å². The van der Waals surface area contributed by atoms with Gasteiger partial charge in [-0.15, -0.1) is 11.8 Å². The van der Waals surface area contributed by atoms with Crippen molar-refractivity contribution in [3.8, 4) is 0 Å². The molecule has 0 aliphatic rings. The maximum atomic E-state index is 12.3. The molecule has 0 radical (unpaired) electrons. The van der Waals surface area contributed by atoms with Crippen LogP contribution in [0.15, 0.2) is 68.1 Å². The van der Waals surface area contributed by atoms with Gasteiger partial charge in [0, 0.05) is 4.90 Å². The third-order valence-electron chi connectivity index (χ3n) is 2.50. The quantitative estimate of drug-likeness (QED) is 0.643. The van der Waals surface area contributed by atoms with E-state index in [1.165, 1.54) is 0 Å². The summed E-state index contributed by atoms with van der Waals surface area (Å²) in [6.45, 7) is 0. The molecule has 0 saturated heterocycles. The van der Waals surface area contributed by atoms with Crippen LogP contribution in [0.4, 0.5) is 0 Å². The highest BCUT2D eigenvalue weighted by Crippen LogP contribution is 2.23. The maximum Gasteiger partial charge on any atom is 0.206 e. The summed E-state index contributed by atoms with van der Waals surface area (Å²) in [6.07, 6.45) is 1.95. The average Bonchev–Trinajstić information content (AvgIpc) is 2.39. The summed E-state index contributed by atoms with van der Waals surface area (Å²) in [4.78, 5) is 2.24.